The number of methoxy groups -OCH3 is 1. The van der Waals surface area contributed by atoms with Crippen molar-refractivity contribution in [2.75, 3.05) is 19.0 Å². The van der Waals surface area contributed by atoms with Gasteiger partial charge in [0.25, 0.3) is 0 Å². The number of hydrogen-bond acceptors (Lipinski definition) is 5. The first-order valence-corrected chi connectivity index (χ1v) is 6.24. The van der Waals surface area contributed by atoms with Gasteiger partial charge in [-0.3, -0.25) is 4.98 Å². The van der Waals surface area contributed by atoms with E-state index in [9.17, 15) is 4.79 Å². The van der Waals surface area contributed by atoms with E-state index in [0.29, 0.717) is 11.4 Å². The number of nitrogens with zero attached hydrogens (tertiary/aromatic N) is 2. The van der Waals surface area contributed by atoms with Crippen molar-refractivity contribution in [2.45, 2.75) is 0 Å². The molecule has 0 aliphatic carbocycles. The van der Waals surface area contributed by atoms with Crippen molar-refractivity contribution in [3.8, 4) is 11.3 Å². The second kappa shape index (κ2) is 5.13. The van der Waals surface area contributed by atoms with E-state index in [2.05, 4.69) is 15.3 Å². The zero-order chi connectivity index (χ0) is 13.9. The lowest BCUT2D eigenvalue weighted by atomic mass is 10.0. The van der Waals surface area contributed by atoms with Gasteiger partial charge in [0.05, 0.1) is 18.5 Å². The number of esters is 1. The van der Waals surface area contributed by atoms with E-state index in [0.717, 1.165) is 23.4 Å². The predicted molar refractivity (Wildman–Crippen MR) is 76.3 cm³/mol. The van der Waals surface area contributed by atoms with Gasteiger partial charge < -0.3 is 10.1 Å². The molecule has 1 aliphatic heterocycles. The number of fused-ring (bicyclic) bond motifs is 1. The Kier molecular flexibility index (Phi) is 3.16. The molecular weight excluding hydrogens is 254 g/mol. The zero-order valence-electron chi connectivity index (χ0n) is 11.0. The highest BCUT2D eigenvalue weighted by Crippen LogP contribution is 2.32. The maximum Gasteiger partial charge on any atom is 0.356 e. The Balaban J connectivity index is 2.21. The summed E-state index contributed by atoms with van der Waals surface area (Å²) in [6.07, 6.45) is 7.40. The summed E-state index contributed by atoms with van der Waals surface area (Å²) in [5.74, 6) is -0.447. The molecule has 0 saturated carbocycles. The Morgan fingerprint density at radius 3 is 3.10 bits per heavy atom. The summed E-state index contributed by atoms with van der Waals surface area (Å²) in [7, 11) is 1.35. The number of nitrogens with one attached hydrogen (secondary N) is 1. The van der Waals surface area contributed by atoms with E-state index < -0.39 is 5.97 Å². The molecule has 0 amide bonds. The molecule has 1 N–H and O–H groups in total. The molecule has 5 nitrogen and oxygen atoms in total. The largest absolute Gasteiger partial charge is 0.464 e. The number of pyridine rings is 2. The standard InChI is InChI=1S/C15H13N3O2/c1-20-15(19)12-8-10-4-3-7-17-13(10)14(18-12)11-5-2-6-16-9-11/h2-6,8-9,17H,7H2,1H3. The van der Waals surface area contributed by atoms with E-state index in [1.807, 2.05) is 24.3 Å². The molecule has 1 aliphatic rings. The minimum atomic E-state index is -0.447. The SMILES string of the molecule is COC(=O)c1cc2c(c(-c3cccnc3)n1)NCC=C2. The van der Waals surface area contributed by atoms with Crippen LogP contribution in [-0.2, 0) is 4.74 Å². The van der Waals surface area contributed by atoms with Gasteiger partial charge in [-0.1, -0.05) is 12.2 Å². The molecule has 2 aromatic rings. The summed E-state index contributed by atoms with van der Waals surface area (Å²) in [6, 6.07) is 5.48. The molecule has 0 unspecified atom stereocenters. The fourth-order valence-electron chi connectivity index (χ4n) is 2.15. The van der Waals surface area contributed by atoms with Crippen molar-refractivity contribution in [3.63, 3.8) is 0 Å². The third-order valence-corrected chi connectivity index (χ3v) is 3.07. The highest BCUT2D eigenvalue weighted by molar-refractivity contribution is 5.92. The van der Waals surface area contributed by atoms with E-state index in [4.69, 9.17) is 4.74 Å². The van der Waals surface area contributed by atoms with Crippen LogP contribution < -0.4 is 5.32 Å². The van der Waals surface area contributed by atoms with Crippen molar-refractivity contribution in [1.82, 2.24) is 9.97 Å². The third-order valence-electron chi connectivity index (χ3n) is 3.07. The zero-order valence-corrected chi connectivity index (χ0v) is 11.0. The highest BCUT2D eigenvalue weighted by atomic mass is 16.5. The fraction of sp³-hybridized carbons (Fsp3) is 0.133. The second-order valence-corrected chi connectivity index (χ2v) is 4.34. The summed E-state index contributed by atoms with van der Waals surface area (Å²) in [4.78, 5) is 20.3. The summed E-state index contributed by atoms with van der Waals surface area (Å²) in [6.45, 7) is 0.736. The summed E-state index contributed by atoms with van der Waals surface area (Å²) < 4.78 is 4.76. The van der Waals surface area contributed by atoms with Crippen LogP contribution in [0.15, 0.2) is 36.7 Å². The van der Waals surface area contributed by atoms with Gasteiger partial charge in [0.15, 0.2) is 0 Å². The number of anilines is 1. The van der Waals surface area contributed by atoms with Gasteiger partial charge in [0.1, 0.15) is 5.69 Å². The van der Waals surface area contributed by atoms with Gasteiger partial charge in [-0.05, 0) is 18.2 Å². The van der Waals surface area contributed by atoms with Crippen LogP contribution in [-0.4, -0.2) is 29.6 Å². The Bertz CT molecular complexity index is 681. The number of aromatic nitrogens is 2. The van der Waals surface area contributed by atoms with Gasteiger partial charge in [0.2, 0.25) is 0 Å². The molecule has 0 bridgehead atoms. The predicted octanol–water partition coefficient (Wildman–Crippen LogP) is 2.37. The molecule has 5 heteroatoms. The molecule has 0 saturated heterocycles. The van der Waals surface area contributed by atoms with Crippen LogP contribution >= 0.6 is 0 Å². The Morgan fingerprint density at radius 1 is 1.45 bits per heavy atom. The number of ether oxygens (including phenoxy) is 1. The first kappa shape index (κ1) is 12.3. The lowest BCUT2D eigenvalue weighted by Gasteiger charge is -2.17. The smallest absolute Gasteiger partial charge is 0.356 e. The van der Waals surface area contributed by atoms with Crippen LogP contribution in [0.1, 0.15) is 16.1 Å². The molecule has 0 spiro atoms. The number of rotatable bonds is 2. The third kappa shape index (κ3) is 2.14. The van der Waals surface area contributed by atoms with Crippen molar-refractivity contribution >= 4 is 17.7 Å². The molecule has 0 atom stereocenters. The first-order valence-electron chi connectivity index (χ1n) is 6.24. The van der Waals surface area contributed by atoms with Crippen molar-refractivity contribution in [2.24, 2.45) is 0 Å². The molecule has 100 valence electrons. The molecule has 0 radical (unpaired) electrons. The van der Waals surface area contributed by atoms with Crippen LogP contribution in [0, 0.1) is 0 Å². The molecular formula is C15H13N3O2. The average Bonchev–Trinajstić information content (AvgIpc) is 2.54. The van der Waals surface area contributed by atoms with Crippen LogP contribution in [0.4, 0.5) is 5.69 Å². The van der Waals surface area contributed by atoms with E-state index in [1.165, 1.54) is 7.11 Å². The van der Waals surface area contributed by atoms with E-state index >= 15 is 0 Å². The molecule has 2 aromatic heterocycles. The van der Waals surface area contributed by atoms with E-state index in [1.54, 1.807) is 18.5 Å². The summed E-state index contributed by atoms with van der Waals surface area (Å²) in [5, 5.41) is 3.28. The van der Waals surface area contributed by atoms with E-state index in [-0.39, 0.29) is 0 Å². The summed E-state index contributed by atoms with van der Waals surface area (Å²) in [5.41, 5.74) is 3.69. The molecule has 20 heavy (non-hydrogen) atoms. The van der Waals surface area contributed by atoms with Crippen LogP contribution in [0.2, 0.25) is 0 Å². The molecule has 3 heterocycles. The first-order chi connectivity index (χ1) is 9.79. The normalized spacial score (nSPS) is 12.4. The fourth-order valence-corrected chi connectivity index (χ4v) is 2.15. The summed E-state index contributed by atoms with van der Waals surface area (Å²) >= 11 is 0. The lowest BCUT2D eigenvalue weighted by Crippen LogP contribution is -2.12. The van der Waals surface area contributed by atoms with Crippen LogP contribution in [0.3, 0.4) is 0 Å². The second-order valence-electron chi connectivity index (χ2n) is 4.34. The van der Waals surface area contributed by atoms with Crippen molar-refractivity contribution in [3.05, 3.63) is 47.9 Å². The monoisotopic (exact) mass is 267 g/mol. The highest BCUT2D eigenvalue weighted by Gasteiger charge is 2.18. The lowest BCUT2D eigenvalue weighted by molar-refractivity contribution is 0.0594. The van der Waals surface area contributed by atoms with Gasteiger partial charge in [-0.15, -0.1) is 0 Å². The molecule has 3 rings (SSSR count). The van der Waals surface area contributed by atoms with Gasteiger partial charge >= 0.3 is 5.97 Å². The number of hydrogen-bond donors (Lipinski definition) is 1. The quantitative estimate of drug-likeness (QED) is 0.846. The van der Waals surface area contributed by atoms with Gasteiger partial charge in [0, 0.05) is 30.1 Å². The Labute approximate surface area is 116 Å². The maximum atomic E-state index is 11.7. The van der Waals surface area contributed by atoms with Gasteiger partial charge in [-0.2, -0.15) is 0 Å². The number of carbonyl (C=O) groups is 1. The van der Waals surface area contributed by atoms with Crippen molar-refractivity contribution < 1.29 is 9.53 Å². The Morgan fingerprint density at radius 2 is 2.35 bits per heavy atom. The van der Waals surface area contributed by atoms with Gasteiger partial charge in [-0.25, -0.2) is 9.78 Å². The minimum Gasteiger partial charge on any atom is -0.464 e. The Hall–Kier alpha value is -2.69. The molecule has 0 fully saturated rings. The number of carbonyl (C=O) groups excluding carboxylic acids is 1. The minimum absolute atomic E-state index is 0.290. The topological polar surface area (TPSA) is 64.1 Å². The average molecular weight is 267 g/mol. The van der Waals surface area contributed by atoms with Crippen LogP contribution in [0.25, 0.3) is 17.3 Å². The molecule has 0 aromatic carbocycles. The van der Waals surface area contributed by atoms with Crippen LogP contribution in [0.5, 0.6) is 0 Å². The van der Waals surface area contributed by atoms with Crippen molar-refractivity contribution in [1.29, 1.82) is 0 Å². The maximum absolute atomic E-state index is 11.7.